The van der Waals surface area contributed by atoms with Gasteiger partial charge in [0.05, 0.1) is 5.59 Å². The van der Waals surface area contributed by atoms with E-state index in [1.54, 1.807) is 23.1 Å². The lowest BCUT2D eigenvalue weighted by atomic mass is 9.86. The summed E-state index contributed by atoms with van der Waals surface area (Å²) in [5, 5.41) is 26.3. The third-order valence-electron chi connectivity index (χ3n) is 4.37. The van der Waals surface area contributed by atoms with E-state index in [1.165, 1.54) is 12.8 Å². The third-order valence-corrected chi connectivity index (χ3v) is 4.37. The molecule has 25 heavy (non-hydrogen) atoms. The van der Waals surface area contributed by atoms with Gasteiger partial charge in [-0.05, 0) is 50.7 Å². The first-order valence-electron chi connectivity index (χ1n) is 8.87. The van der Waals surface area contributed by atoms with Gasteiger partial charge < -0.3 is 19.5 Å². The molecule has 2 aliphatic heterocycles. The van der Waals surface area contributed by atoms with Crippen LogP contribution in [-0.2, 0) is 9.47 Å². The maximum atomic E-state index is 9.06. The van der Waals surface area contributed by atoms with Gasteiger partial charge in [0.2, 0.25) is 0 Å². The second-order valence-corrected chi connectivity index (χ2v) is 6.20. The molecule has 0 spiro atoms. The average molecular weight is 348 g/mol. The van der Waals surface area contributed by atoms with Crippen molar-refractivity contribution in [3.63, 3.8) is 0 Å². The summed E-state index contributed by atoms with van der Waals surface area (Å²) in [4.78, 5) is 0. The summed E-state index contributed by atoms with van der Waals surface area (Å²) in [6.07, 6.45) is 11.9. The fraction of sp³-hybridized carbons (Fsp3) is 0.625. The van der Waals surface area contributed by atoms with Crippen molar-refractivity contribution >= 4 is 12.7 Å². The van der Waals surface area contributed by atoms with Gasteiger partial charge >= 0.3 is 7.12 Å². The Bertz CT molecular complexity index is 607. The molecule has 0 saturated carbocycles. The van der Waals surface area contributed by atoms with Crippen LogP contribution in [0.4, 0.5) is 0 Å². The highest BCUT2D eigenvalue weighted by Gasteiger charge is 2.24. The Hall–Kier alpha value is -1.68. The SMILES string of the molecule is OB(O)c1ccnn1C1CCCCO1.c1cnn(C2CCCCO2)c1. The van der Waals surface area contributed by atoms with Crippen LogP contribution in [0, 0.1) is 0 Å². The first-order chi connectivity index (χ1) is 12.3. The standard InChI is InChI=1S/C8H13BN2O3.C8H12N2O/c12-9(13)7-4-5-10-11(7)8-3-1-2-6-14-8;1-2-7-11-8(4-1)10-6-3-5-9-10/h4-5,8,12-13H,1-3,6H2;3,5-6,8H,1-2,4,7H2. The summed E-state index contributed by atoms with van der Waals surface area (Å²) in [7, 11) is -1.48. The van der Waals surface area contributed by atoms with Crippen molar-refractivity contribution < 1.29 is 19.5 Å². The molecule has 9 heteroatoms. The number of nitrogens with zero attached hydrogens (tertiary/aromatic N) is 4. The van der Waals surface area contributed by atoms with E-state index in [0.717, 1.165) is 32.3 Å². The van der Waals surface area contributed by atoms with Gasteiger partial charge in [0.1, 0.15) is 12.5 Å². The Kier molecular flexibility index (Phi) is 6.63. The molecule has 0 amide bonds. The molecule has 4 heterocycles. The van der Waals surface area contributed by atoms with Gasteiger partial charge in [-0.15, -0.1) is 0 Å². The van der Waals surface area contributed by atoms with Crippen LogP contribution in [0.15, 0.2) is 30.7 Å². The molecule has 2 aliphatic rings. The van der Waals surface area contributed by atoms with E-state index in [4.69, 9.17) is 19.5 Å². The van der Waals surface area contributed by atoms with Gasteiger partial charge in [-0.1, -0.05) is 0 Å². The van der Waals surface area contributed by atoms with E-state index in [0.29, 0.717) is 12.2 Å². The zero-order valence-electron chi connectivity index (χ0n) is 14.3. The Morgan fingerprint density at radius 2 is 1.68 bits per heavy atom. The van der Waals surface area contributed by atoms with Crippen LogP contribution in [0.25, 0.3) is 0 Å². The predicted octanol–water partition coefficient (Wildman–Crippen LogP) is 0.844. The number of hydrogen-bond donors (Lipinski definition) is 2. The maximum Gasteiger partial charge on any atom is 0.507 e. The second kappa shape index (κ2) is 9.14. The largest absolute Gasteiger partial charge is 0.507 e. The molecule has 2 N–H and O–H groups in total. The van der Waals surface area contributed by atoms with Crippen LogP contribution in [0.2, 0.25) is 0 Å². The van der Waals surface area contributed by atoms with E-state index in [-0.39, 0.29) is 12.5 Å². The van der Waals surface area contributed by atoms with Crippen LogP contribution in [-0.4, -0.2) is 49.9 Å². The first-order valence-corrected chi connectivity index (χ1v) is 8.87. The van der Waals surface area contributed by atoms with E-state index < -0.39 is 7.12 Å². The van der Waals surface area contributed by atoms with Crippen LogP contribution in [0.3, 0.4) is 0 Å². The fourth-order valence-electron chi connectivity index (χ4n) is 3.07. The fourth-order valence-corrected chi connectivity index (χ4v) is 3.07. The van der Waals surface area contributed by atoms with Gasteiger partial charge in [0, 0.05) is 31.8 Å². The molecule has 0 aromatic carbocycles. The molecule has 0 aliphatic carbocycles. The average Bonchev–Trinajstić information content (AvgIpc) is 3.36. The van der Waals surface area contributed by atoms with Gasteiger partial charge in [0.15, 0.2) is 0 Å². The lowest BCUT2D eigenvalue weighted by molar-refractivity contribution is -0.0394. The molecular formula is C16H25BN4O4. The smallest absolute Gasteiger partial charge is 0.422 e. The van der Waals surface area contributed by atoms with E-state index >= 15 is 0 Å². The molecule has 2 aromatic heterocycles. The van der Waals surface area contributed by atoms with Gasteiger partial charge in [-0.25, -0.2) is 9.36 Å². The van der Waals surface area contributed by atoms with Crippen molar-refractivity contribution in [3.05, 3.63) is 30.7 Å². The Morgan fingerprint density at radius 3 is 2.24 bits per heavy atom. The zero-order chi connectivity index (χ0) is 17.5. The highest BCUT2D eigenvalue weighted by atomic mass is 16.5. The highest BCUT2D eigenvalue weighted by molar-refractivity contribution is 6.57. The molecule has 8 nitrogen and oxygen atoms in total. The highest BCUT2D eigenvalue weighted by Crippen LogP contribution is 2.21. The molecule has 2 saturated heterocycles. The van der Waals surface area contributed by atoms with Crippen molar-refractivity contribution in [2.24, 2.45) is 0 Å². The normalized spacial score (nSPS) is 23.6. The van der Waals surface area contributed by atoms with Crippen LogP contribution in [0.1, 0.15) is 51.0 Å². The van der Waals surface area contributed by atoms with Gasteiger partial charge in [-0.3, -0.25) is 0 Å². The Labute approximate surface area is 147 Å². The molecule has 2 unspecified atom stereocenters. The van der Waals surface area contributed by atoms with E-state index in [1.807, 2.05) is 16.9 Å². The molecule has 4 rings (SSSR count). The summed E-state index contributed by atoms with van der Waals surface area (Å²) < 4.78 is 14.4. The topological polar surface area (TPSA) is 94.6 Å². The summed E-state index contributed by atoms with van der Waals surface area (Å²) in [5.74, 6) is 0. The lowest BCUT2D eigenvalue weighted by Gasteiger charge is -2.24. The molecule has 2 atom stereocenters. The number of hydrogen-bond acceptors (Lipinski definition) is 6. The first kappa shape index (κ1) is 18.1. The molecule has 136 valence electrons. The van der Waals surface area contributed by atoms with Crippen molar-refractivity contribution in [1.29, 1.82) is 0 Å². The molecule has 0 radical (unpaired) electrons. The summed E-state index contributed by atoms with van der Waals surface area (Å²) in [6, 6.07) is 3.51. The monoisotopic (exact) mass is 348 g/mol. The minimum Gasteiger partial charge on any atom is -0.422 e. The molecule has 0 bridgehead atoms. The molecule has 2 aromatic rings. The minimum atomic E-state index is -1.48. The predicted molar refractivity (Wildman–Crippen MR) is 92.0 cm³/mol. The Morgan fingerprint density at radius 1 is 0.960 bits per heavy atom. The summed E-state index contributed by atoms with van der Waals surface area (Å²) >= 11 is 0. The van der Waals surface area contributed by atoms with E-state index in [2.05, 4.69) is 10.2 Å². The van der Waals surface area contributed by atoms with E-state index in [9.17, 15) is 0 Å². The van der Waals surface area contributed by atoms with Crippen LogP contribution < -0.4 is 5.59 Å². The Balaban J connectivity index is 0.000000150. The summed E-state index contributed by atoms with van der Waals surface area (Å²) in [6.45, 7) is 1.59. The molecule has 2 fully saturated rings. The van der Waals surface area contributed by atoms with Crippen LogP contribution in [0.5, 0.6) is 0 Å². The zero-order valence-corrected chi connectivity index (χ0v) is 14.3. The van der Waals surface area contributed by atoms with Crippen molar-refractivity contribution in [2.45, 2.75) is 51.0 Å². The lowest BCUT2D eigenvalue weighted by Crippen LogP contribution is -2.39. The summed E-state index contributed by atoms with van der Waals surface area (Å²) in [5.41, 5.74) is 0.386. The number of aromatic nitrogens is 4. The van der Waals surface area contributed by atoms with Crippen molar-refractivity contribution in [1.82, 2.24) is 19.6 Å². The van der Waals surface area contributed by atoms with Gasteiger partial charge in [-0.2, -0.15) is 10.2 Å². The second-order valence-electron chi connectivity index (χ2n) is 6.20. The van der Waals surface area contributed by atoms with Crippen molar-refractivity contribution in [3.8, 4) is 0 Å². The molecular weight excluding hydrogens is 323 g/mol. The number of ether oxygens (including phenoxy) is 2. The third kappa shape index (κ3) is 4.91. The van der Waals surface area contributed by atoms with Crippen LogP contribution >= 0.6 is 0 Å². The maximum absolute atomic E-state index is 9.06. The quantitative estimate of drug-likeness (QED) is 0.799. The van der Waals surface area contributed by atoms with Gasteiger partial charge in [0.25, 0.3) is 0 Å². The number of rotatable bonds is 3. The van der Waals surface area contributed by atoms with Crippen molar-refractivity contribution in [2.75, 3.05) is 13.2 Å². The minimum absolute atomic E-state index is 0.143.